The smallest absolute Gasteiger partial charge is 0.256 e. The van der Waals surface area contributed by atoms with Crippen molar-refractivity contribution in [1.29, 1.82) is 0 Å². The number of carbonyl (C=O) groups excluding carboxylic acids is 1. The van der Waals surface area contributed by atoms with E-state index in [4.69, 9.17) is 4.74 Å². The van der Waals surface area contributed by atoms with Crippen molar-refractivity contribution in [3.63, 3.8) is 0 Å². The molecule has 2 rings (SSSR count). The summed E-state index contributed by atoms with van der Waals surface area (Å²) in [6.07, 6.45) is 5.42. The van der Waals surface area contributed by atoms with Crippen LogP contribution in [0.15, 0.2) is 18.3 Å². The normalized spacial score (nSPS) is 16.5. The maximum absolute atomic E-state index is 12.3. The van der Waals surface area contributed by atoms with E-state index >= 15 is 0 Å². The summed E-state index contributed by atoms with van der Waals surface area (Å²) >= 11 is 0. The molecule has 1 saturated heterocycles. The first-order valence-electron chi connectivity index (χ1n) is 7.57. The summed E-state index contributed by atoms with van der Waals surface area (Å²) in [6, 6.07) is 3.47. The molecule has 0 atom stereocenters. The predicted octanol–water partition coefficient (Wildman–Crippen LogP) is 2.08. The molecule has 1 aliphatic heterocycles. The minimum atomic E-state index is -0.134. The van der Waals surface area contributed by atoms with Gasteiger partial charge >= 0.3 is 0 Å². The Bertz CT molecular complexity index is 482. The fraction of sp³-hybridized carbons (Fsp3) is 0.625. The van der Waals surface area contributed by atoms with Crippen LogP contribution in [-0.2, 0) is 0 Å². The van der Waals surface area contributed by atoms with Crippen LogP contribution in [0.4, 0.5) is 0 Å². The lowest BCUT2D eigenvalue weighted by molar-refractivity contribution is 0.0795. The molecular weight excluding hydrogens is 266 g/mol. The van der Waals surface area contributed by atoms with Crippen molar-refractivity contribution in [3.8, 4) is 5.88 Å². The number of nitrogens with one attached hydrogen (secondary N) is 1. The van der Waals surface area contributed by atoms with Crippen molar-refractivity contribution in [2.45, 2.75) is 38.6 Å². The average molecular weight is 291 g/mol. The first-order chi connectivity index (χ1) is 10.0. The van der Waals surface area contributed by atoms with E-state index in [1.807, 2.05) is 0 Å². The lowest BCUT2D eigenvalue weighted by Gasteiger charge is -2.41. The molecule has 0 bridgehead atoms. The molecule has 1 aliphatic rings. The minimum Gasteiger partial charge on any atom is -0.480 e. The summed E-state index contributed by atoms with van der Waals surface area (Å²) in [5.41, 5.74) is 0.445. The Kier molecular flexibility index (Phi) is 5.17. The molecule has 0 spiro atoms. The number of aromatic nitrogens is 1. The molecule has 21 heavy (non-hydrogen) atoms. The number of amides is 1. The first-order valence-corrected chi connectivity index (χ1v) is 7.57. The number of piperidine rings is 1. The Morgan fingerprint density at radius 2 is 2.10 bits per heavy atom. The molecule has 1 aromatic heterocycles. The van der Waals surface area contributed by atoms with Gasteiger partial charge in [0.2, 0.25) is 5.88 Å². The molecule has 1 aromatic rings. The van der Waals surface area contributed by atoms with Crippen molar-refractivity contribution in [3.05, 3.63) is 23.9 Å². The maximum atomic E-state index is 12.3. The van der Waals surface area contributed by atoms with E-state index < -0.39 is 0 Å². The van der Waals surface area contributed by atoms with Crippen LogP contribution in [-0.4, -0.2) is 48.1 Å². The van der Waals surface area contributed by atoms with Crippen LogP contribution in [0.2, 0.25) is 0 Å². The lowest BCUT2D eigenvalue weighted by Crippen LogP contribution is -2.53. The van der Waals surface area contributed by atoms with Crippen molar-refractivity contribution < 1.29 is 9.53 Å². The maximum Gasteiger partial charge on any atom is 0.256 e. The molecule has 5 heteroatoms. The van der Waals surface area contributed by atoms with Crippen LogP contribution in [0.25, 0.3) is 0 Å². The Balaban J connectivity index is 1.96. The zero-order chi connectivity index (χ0) is 15.3. The summed E-state index contributed by atoms with van der Waals surface area (Å²) in [5, 5.41) is 3.01. The molecule has 2 heterocycles. The van der Waals surface area contributed by atoms with E-state index in [1.165, 1.54) is 26.4 Å². The van der Waals surface area contributed by atoms with E-state index in [0.29, 0.717) is 18.0 Å². The topological polar surface area (TPSA) is 54.5 Å². The summed E-state index contributed by atoms with van der Waals surface area (Å²) in [7, 11) is 1.52. The van der Waals surface area contributed by atoms with Crippen molar-refractivity contribution in [1.82, 2.24) is 15.2 Å². The van der Waals surface area contributed by atoms with Gasteiger partial charge in [-0.1, -0.05) is 6.42 Å². The highest BCUT2D eigenvalue weighted by Crippen LogP contribution is 2.20. The van der Waals surface area contributed by atoms with Crippen molar-refractivity contribution in [2.24, 2.45) is 0 Å². The molecule has 116 valence electrons. The van der Waals surface area contributed by atoms with E-state index in [1.54, 1.807) is 18.3 Å². The number of methoxy groups -OCH3 is 1. The van der Waals surface area contributed by atoms with Gasteiger partial charge in [-0.2, -0.15) is 0 Å². The van der Waals surface area contributed by atoms with E-state index in [0.717, 1.165) is 13.1 Å². The molecule has 0 saturated carbocycles. The average Bonchev–Trinajstić information content (AvgIpc) is 2.53. The molecule has 1 fully saturated rings. The monoisotopic (exact) mass is 291 g/mol. The van der Waals surface area contributed by atoms with Gasteiger partial charge in [0.15, 0.2) is 0 Å². The number of rotatable bonds is 5. The van der Waals surface area contributed by atoms with Crippen LogP contribution in [0.3, 0.4) is 0 Å². The van der Waals surface area contributed by atoms with E-state index in [-0.39, 0.29) is 11.4 Å². The summed E-state index contributed by atoms with van der Waals surface area (Å²) in [5.74, 6) is 0.232. The van der Waals surface area contributed by atoms with Crippen LogP contribution in [0.1, 0.15) is 43.5 Å². The van der Waals surface area contributed by atoms with Crippen LogP contribution >= 0.6 is 0 Å². The first kappa shape index (κ1) is 15.8. The Morgan fingerprint density at radius 1 is 1.38 bits per heavy atom. The summed E-state index contributed by atoms with van der Waals surface area (Å²) in [6.45, 7) is 7.19. The second kappa shape index (κ2) is 6.89. The third-order valence-corrected chi connectivity index (χ3v) is 4.10. The largest absolute Gasteiger partial charge is 0.480 e. The molecule has 5 nitrogen and oxygen atoms in total. The second-order valence-electron chi connectivity index (χ2n) is 6.10. The van der Waals surface area contributed by atoms with Gasteiger partial charge in [0.1, 0.15) is 5.56 Å². The third kappa shape index (κ3) is 3.94. The number of ether oxygens (including phenoxy) is 1. The van der Waals surface area contributed by atoms with Gasteiger partial charge in [-0.25, -0.2) is 4.98 Å². The van der Waals surface area contributed by atoms with Gasteiger partial charge in [0, 0.05) is 18.3 Å². The molecule has 0 unspecified atom stereocenters. The Morgan fingerprint density at radius 3 is 2.76 bits per heavy atom. The zero-order valence-corrected chi connectivity index (χ0v) is 13.2. The predicted molar refractivity (Wildman–Crippen MR) is 82.6 cm³/mol. The number of hydrogen-bond acceptors (Lipinski definition) is 4. The SMILES string of the molecule is COc1ncccc1C(=O)NCC(C)(C)N1CCCCC1. The van der Waals surface area contributed by atoms with Gasteiger partial charge in [-0.15, -0.1) is 0 Å². The van der Waals surface area contributed by atoms with Crippen LogP contribution in [0.5, 0.6) is 5.88 Å². The fourth-order valence-corrected chi connectivity index (χ4v) is 2.73. The highest BCUT2D eigenvalue weighted by molar-refractivity contribution is 5.96. The molecule has 0 aromatic carbocycles. The highest BCUT2D eigenvalue weighted by atomic mass is 16.5. The van der Waals surface area contributed by atoms with Crippen LogP contribution < -0.4 is 10.1 Å². The number of hydrogen-bond donors (Lipinski definition) is 1. The molecule has 0 aliphatic carbocycles. The Labute approximate surface area is 126 Å². The summed E-state index contributed by atoms with van der Waals surface area (Å²) in [4.78, 5) is 18.8. The Hall–Kier alpha value is -1.62. The van der Waals surface area contributed by atoms with Crippen LogP contribution in [0, 0.1) is 0 Å². The molecular formula is C16H25N3O2. The third-order valence-electron chi connectivity index (χ3n) is 4.10. The lowest BCUT2D eigenvalue weighted by atomic mass is 9.98. The molecule has 1 amide bonds. The fourth-order valence-electron chi connectivity index (χ4n) is 2.73. The van der Waals surface area contributed by atoms with Crippen molar-refractivity contribution in [2.75, 3.05) is 26.7 Å². The van der Waals surface area contributed by atoms with E-state index in [9.17, 15) is 4.79 Å². The molecule has 0 radical (unpaired) electrons. The summed E-state index contributed by atoms with van der Waals surface area (Å²) < 4.78 is 5.13. The standard InChI is InChI=1S/C16H25N3O2/c1-16(2,19-10-5-4-6-11-19)12-18-14(20)13-8-7-9-17-15(13)21-3/h7-9H,4-6,10-12H2,1-3H3,(H,18,20). The minimum absolute atomic E-state index is 0.0362. The number of carbonyl (C=O) groups is 1. The second-order valence-corrected chi connectivity index (χ2v) is 6.10. The number of nitrogens with zero attached hydrogens (tertiary/aromatic N) is 2. The van der Waals surface area contributed by atoms with Gasteiger partial charge < -0.3 is 10.1 Å². The van der Waals surface area contributed by atoms with Gasteiger partial charge in [0.05, 0.1) is 7.11 Å². The van der Waals surface area contributed by atoms with Gasteiger partial charge in [0.25, 0.3) is 5.91 Å². The van der Waals surface area contributed by atoms with Gasteiger partial charge in [-0.3, -0.25) is 9.69 Å². The quantitative estimate of drug-likeness (QED) is 0.902. The van der Waals surface area contributed by atoms with Crippen molar-refractivity contribution >= 4 is 5.91 Å². The van der Waals surface area contributed by atoms with E-state index in [2.05, 4.69) is 29.0 Å². The zero-order valence-electron chi connectivity index (χ0n) is 13.2. The molecule has 1 N–H and O–H groups in total. The number of pyridine rings is 1. The van der Waals surface area contributed by atoms with Gasteiger partial charge in [-0.05, 0) is 51.9 Å². The number of likely N-dealkylation sites (tertiary alicyclic amines) is 1. The highest BCUT2D eigenvalue weighted by Gasteiger charge is 2.28.